The average Bonchev–Trinajstić information content (AvgIpc) is 3.00. The summed E-state index contributed by atoms with van der Waals surface area (Å²) in [4.78, 5) is 7.70. The smallest absolute Gasteiger partial charge is 0.352 e. The molecule has 1 unspecified atom stereocenters. The highest BCUT2D eigenvalue weighted by Gasteiger charge is 2.41. The lowest BCUT2D eigenvalue weighted by molar-refractivity contribution is -0.181. The number of rotatable bonds is 3. The molecule has 0 spiro atoms. The van der Waals surface area contributed by atoms with Gasteiger partial charge in [-0.1, -0.05) is 0 Å². The quantitative estimate of drug-likeness (QED) is 0.426. The molecule has 1 aliphatic heterocycles. The highest BCUT2D eigenvalue weighted by atomic mass is 127. The van der Waals surface area contributed by atoms with Crippen LogP contribution >= 0.6 is 35.3 Å². The van der Waals surface area contributed by atoms with E-state index in [1.165, 1.54) is 17.4 Å². The largest absolute Gasteiger partial charge is 0.403 e. The number of nitrogens with one attached hydrogen (secondary N) is 1. The number of halogens is 4. The van der Waals surface area contributed by atoms with Crippen molar-refractivity contribution < 1.29 is 13.2 Å². The minimum Gasteiger partial charge on any atom is -0.352 e. The molecule has 1 aromatic heterocycles. The molecule has 0 aliphatic carbocycles. The molecule has 1 N–H and O–H groups in total. The second-order valence-corrected chi connectivity index (χ2v) is 6.05. The minimum absolute atomic E-state index is 0. The Bertz CT molecular complexity index is 485. The van der Waals surface area contributed by atoms with Crippen LogP contribution in [0.1, 0.15) is 12.5 Å². The summed E-state index contributed by atoms with van der Waals surface area (Å²) in [6.07, 6.45) is -4.17. The third kappa shape index (κ3) is 5.79. The second-order valence-electron chi connectivity index (χ2n) is 5.27. The van der Waals surface area contributed by atoms with Crippen LogP contribution in [0.2, 0.25) is 0 Å². The Labute approximate surface area is 155 Å². The van der Waals surface area contributed by atoms with Crippen LogP contribution < -0.4 is 5.32 Å². The Morgan fingerprint density at radius 2 is 2.00 bits per heavy atom. The summed E-state index contributed by atoms with van der Waals surface area (Å²) in [5.41, 5.74) is 1.18. The van der Waals surface area contributed by atoms with E-state index in [1.807, 2.05) is 16.3 Å². The molecule has 4 nitrogen and oxygen atoms in total. The van der Waals surface area contributed by atoms with E-state index in [9.17, 15) is 13.2 Å². The Hall–Kier alpha value is -0.550. The lowest BCUT2D eigenvalue weighted by atomic mass is 10.2. The van der Waals surface area contributed by atoms with Gasteiger partial charge in [0.15, 0.2) is 5.96 Å². The van der Waals surface area contributed by atoms with Gasteiger partial charge in [-0.3, -0.25) is 9.89 Å². The fourth-order valence-electron chi connectivity index (χ4n) is 2.43. The third-order valence-corrected chi connectivity index (χ3v) is 4.61. The number of hydrogen-bond acceptors (Lipinski definition) is 3. The van der Waals surface area contributed by atoms with Gasteiger partial charge in [-0.05, 0) is 29.3 Å². The molecule has 23 heavy (non-hydrogen) atoms. The van der Waals surface area contributed by atoms with Crippen molar-refractivity contribution in [1.29, 1.82) is 0 Å². The van der Waals surface area contributed by atoms with Crippen LogP contribution in [0.5, 0.6) is 0 Å². The van der Waals surface area contributed by atoms with Crippen molar-refractivity contribution in [2.45, 2.75) is 25.7 Å². The van der Waals surface area contributed by atoms with Crippen LogP contribution in [-0.2, 0) is 6.54 Å². The van der Waals surface area contributed by atoms with E-state index in [0.29, 0.717) is 32.7 Å². The van der Waals surface area contributed by atoms with Gasteiger partial charge in [0.2, 0.25) is 0 Å². The Kier molecular flexibility index (Phi) is 8.08. The summed E-state index contributed by atoms with van der Waals surface area (Å²) in [6.45, 7) is 3.77. The molecule has 0 saturated carbocycles. The van der Waals surface area contributed by atoms with E-state index in [4.69, 9.17) is 0 Å². The zero-order valence-electron chi connectivity index (χ0n) is 13.1. The van der Waals surface area contributed by atoms with Crippen molar-refractivity contribution in [1.82, 2.24) is 15.1 Å². The predicted octanol–water partition coefficient (Wildman–Crippen LogP) is 3.01. The third-order valence-electron chi connectivity index (χ3n) is 3.88. The number of alkyl halides is 3. The number of piperazine rings is 1. The fraction of sp³-hybridized carbons (Fsp3) is 0.643. The predicted molar refractivity (Wildman–Crippen MR) is 98.6 cm³/mol. The number of hydrogen-bond donors (Lipinski definition) is 1. The Balaban J connectivity index is 0.00000264. The first-order valence-electron chi connectivity index (χ1n) is 7.19. The normalized spacial score (nSPS) is 18.5. The van der Waals surface area contributed by atoms with Gasteiger partial charge in [-0.2, -0.15) is 24.5 Å². The maximum absolute atomic E-state index is 12.7. The van der Waals surface area contributed by atoms with Crippen molar-refractivity contribution in [2.75, 3.05) is 33.2 Å². The van der Waals surface area contributed by atoms with Crippen molar-refractivity contribution in [2.24, 2.45) is 4.99 Å². The van der Waals surface area contributed by atoms with E-state index < -0.39 is 12.2 Å². The molecule has 0 radical (unpaired) electrons. The molecule has 1 aromatic rings. The van der Waals surface area contributed by atoms with Gasteiger partial charge in [0.05, 0.1) is 0 Å². The summed E-state index contributed by atoms with van der Waals surface area (Å²) in [5.74, 6) is 0.741. The van der Waals surface area contributed by atoms with E-state index in [-0.39, 0.29) is 24.0 Å². The van der Waals surface area contributed by atoms with E-state index in [0.717, 1.165) is 5.96 Å². The number of thiophene rings is 1. The lowest BCUT2D eigenvalue weighted by Crippen LogP contribution is -2.56. The molecular formula is C14H22F3IN4S. The molecule has 132 valence electrons. The molecule has 9 heteroatoms. The maximum atomic E-state index is 12.7. The fourth-order valence-corrected chi connectivity index (χ4v) is 3.10. The summed E-state index contributed by atoms with van der Waals surface area (Å²) < 4.78 is 38.2. The van der Waals surface area contributed by atoms with Crippen molar-refractivity contribution in [3.8, 4) is 0 Å². The SMILES string of the molecule is CN=C(NCc1ccsc1)N1CCN(C(C)C(F)(F)F)CC1.I. The summed E-state index contributed by atoms with van der Waals surface area (Å²) >= 11 is 1.63. The molecule has 0 amide bonds. The molecule has 1 atom stereocenters. The Morgan fingerprint density at radius 3 is 2.48 bits per heavy atom. The van der Waals surface area contributed by atoms with E-state index >= 15 is 0 Å². The molecular weight excluding hydrogens is 440 g/mol. The molecule has 1 saturated heterocycles. The van der Waals surface area contributed by atoms with Crippen molar-refractivity contribution >= 4 is 41.3 Å². The highest BCUT2D eigenvalue weighted by molar-refractivity contribution is 14.0. The van der Waals surface area contributed by atoms with Gasteiger partial charge in [-0.15, -0.1) is 24.0 Å². The number of aliphatic imine (C=N–C) groups is 1. The van der Waals surface area contributed by atoms with Crippen LogP contribution in [0.25, 0.3) is 0 Å². The molecule has 1 fully saturated rings. The summed E-state index contributed by atoms with van der Waals surface area (Å²) in [7, 11) is 1.70. The first kappa shape index (κ1) is 20.5. The van der Waals surface area contributed by atoms with Crippen molar-refractivity contribution in [3.05, 3.63) is 22.4 Å². The van der Waals surface area contributed by atoms with Crippen LogP contribution in [0.3, 0.4) is 0 Å². The van der Waals surface area contributed by atoms with Crippen LogP contribution in [-0.4, -0.2) is 61.2 Å². The number of guanidine groups is 1. The van der Waals surface area contributed by atoms with Crippen LogP contribution in [0.15, 0.2) is 21.8 Å². The van der Waals surface area contributed by atoms with Crippen LogP contribution in [0, 0.1) is 0 Å². The van der Waals surface area contributed by atoms with Gasteiger partial charge in [0.1, 0.15) is 6.04 Å². The van der Waals surface area contributed by atoms with E-state index in [1.54, 1.807) is 18.4 Å². The monoisotopic (exact) mass is 462 g/mol. The standard InChI is InChI=1S/C14H21F3N4S.HI/c1-11(14(15,16)17)20-4-6-21(7-5-20)13(18-2)19-9-12-3-8-22-10-12;/h3,8,10-11H,4-7,9H2,1-2H3,(H,18,19);1H. The average molecular weight is 462 g/mol. The molecule has 0 aromatic carbocycles. The number of nitrogens with zero attached hydrogens (tertiary/aromatic N) is 3. The van der Waals surface area contributed by atoms with Crippen LogP contribution in [0.4, 0.5) is 13.2 Å². The summed E-state index contributed by atoms with van der Waals surface area (Å²) in [6, 6.07) is 0.642. The van der Waals surface area contributed by atoms with E-state index in [2.05, 4.69) is 15.7 Å². The zero-order chi connectivity index (χ0) is 16.2. The zero-order valence-corrected chi connectivity index (χ0v) is 16.3. The first-order chi connectivity index (χ1) is 10.4. The molecule has 2 heterocycles. The molecule has 2 rings (SSSR count). The molecule has 0 bridgehead atoms. The van der Waals surface area contributed by atoms with Gasteiger partial charge in [0, 0.05) is 39.8 Å². The van der Waals surface area contributed by atoms with Gasteiger partial charge in [-0.25, -0.2) is 0 Å². The van der Waals surface area contributed by atoms with Crippen molar-refractivity contribution in [3.63, 3.8) is 0 Å². The first-order valence-corrected chi connectivity index (χ1v) is 8.13. The van der Waals surface area contributed by atoms with Gasteiger partial charge >= 0.3 is 6.18 Å². The van der Waals surface area contributed by atoms with Gasteiger partial charge in [0.25, 0.3) is 0 Å². The second kappa shape index (κ2) is 9.07. The highest BCUT2D eigenvalue weighted by Crippen LogP contribution is 2.25. The minimum atomic E-state index is -4.17. The molecule has 1 aliphatic rings. The topological polar surface area (TPSA) is 30.9 Å². The Morgan fingerprint density at radius 1 is 1.35 bits per heavy atom. The maximum Gasteiger partial charge on any atom is 0.403 e. The van der Waals surface area contributed by atoms with Gasteiger partial charge < -0.3 is 10.2 Å². The lowest BCUT2D eigenvalue weighted by Gasteiger charge is -2.39. The summed E-state index contributed by atoms with van der Waals surface area (Å²) in [5, 5.41) is 7.33.